The largest absolute Gasteiger partial charge is 0.435 e. The molecule has 0 spiro atoms. The molecule has 4 aliphatic carbocycles. The summed E-state index contributed by atoms with van der Waals surface area (Å²) in [6.07, 6.45) is 7.73. The first-order chi connectivity index (χ1) is 12.0. The highest BCUT2D eigenvalue weighted by Gasteiger charge is 2.50. The number of carbonyl (C=O) groups excluding carboxylic acids is 1. The van der Waals surface area contributed by atoms with Crippen LogP contribution in [-0.4, -0.2) is 24.6 Å². The second kappa shape index (κ2) is 6.56. The van der Waals surface area contributed by atoms with Crippen molar-refractivity contribution in [1.82, 2.24) is 5.32 Å². The fourth-order valence-electron chi connectivity index (χ4n) is 5.52. The zero-order valence-electron chi connectivity index (χ0n) is 14.1. The Morgan fingerprint density at radius 1 is 1.08 bits per heavy atom. The molecule has 0 heterocycles. The number of benzene rings is 1. The highest BCUT2D eigenvalue weighted by molar-refractivity contribution is 5.92. The third-order valence-electron chi connectivity index (χ3n) is 6.03. The van der Waals surface area contributed by atoms with Crippen LogP contribution in [0.1, 0.15) is 38.5 Å². The van der Waals surface area contributed by atoms with Crippen LogP contribution in [0.3, 0.4) is 0 Å². The number of anilines is 1. The number of hydrogen-bond donors (Lipinski definition) is 2. The third kappa shape index (κ3) is 3.78. The highest BCUT2D eigenvalue weighted by Crippen LogP contribution is 2.55. The highest BCUT2D eigenvalue weighted by atomic mass is 19.3. The van der Waals surface area contributed by atoms with Gasteiger partial charge in [0.05, 0.1) is 6.54 Å². The number of rotatable bonds is 6. The van der Waals surface area contributed by atoms with E-state index in [4.69, 9.17) is 0 Å². The number of ether oxygens (including phenoxy) is 1. The predicted molar refractivity (Wildman–Crippen MR) is 90.6 cm³/mol. The van der Waals surface area contributed by atoms with Crippen LogP contribution in [0.2, 0.25) is 0 Å². The van der Waals surface area contributed by atoms with E-state index in [-0.39, 0.29) is 17.2 Å². The summed E-state index contributed by atoms with van der Waals surface area (Å²) in [5, 5.41) is 6.36. The van der Waals surface area contributed by atoms with E-state index in [9.17, 15) is 13.6 Å². The quantitative estimate of drug-likeness (QED) is 0.821. The zero-order valence-corrected chi connectivity index (χ0v) is 14.1. The van der Waals surface area contributed by atoms with Crippen LogP contribution in [0.4, 0.5) is 14.5 Å². The standard InChI is InChI=1S/C19H24F2N2O2/c20-18(21)25-16-3-1-15(2-4-16)23-17(24)11-22-19-8-12-5-13(9-19)7-14(6-12)10-19/h1-4,12-14,18,22H,5-11H2,(H,23,24). The molecule has 4 fully saturated rings. The second-order valence-corrected chi connectivity index (χ2v) is 8.00. The van der Waals surface area contributed by atoms with Crippen LogP contribution < -0.4 is 15.4 Å². The van der Waals surface area contributed by atoms with E-state index in [1.54, 1.807) is 12.1 Å². The smallest absolute Gasteiger partial charge is 0.387 e. The Balaban J connectivity index is 1.29. The van der Waals surface area contributed by atoms with E-state index in [0.29, 0.717) is 12.2 Å². The molecule has 0 saturated heterocycles. The number of nitrogens with one attached hydrogen (secondary N) is 2. The van der Waals surface area contributed by atoms with Gasteiger partial charge in [0.1, 0.15) is 5.75 Å². The molecule has 2 N–H and O–H groups in total. The molecular formula is C19H24F2N2O2. The maximum atomic E-state index is 12.2. The van der Waals surface area contributed by atoms with Crippen molar-refractivity contribution in [1.29, 1.82) is 0 Å². The zero-order chi connectivity index (χ0) is 17.4. The Labute approximate surface area is 146 Å². The topological polar surface area (TPSA) is 50.4 Å². The van der Waals surface area contributed by atoms with Crippen LogP contribution >= 0.6 is 0 Å². The predicted octanol–water partition coefficient (Wildman–Crippen LogP) is 3.78. The van der Waals surface area contributed by atoms with Crippen molar-refractivity contribution in [3.8, 4) is 5.75 Å². The second-order valence-electron chi connectivity index (χ2n) is 8.00. The summed E-state index contributed by atoms with van der Waals surface area (Å²) in [4.78, 5) is 12.2. The molecule has 0 aliphatic heterocycles. The van der Waals surface area contributed by atoms with Crippen molar-refractivity contribution in [3.05, 3.63) is 24.3 Å². The molecule has 0 atom stereocenters. The summed E-state index contributed by atoms with van der Waals surface area (Å²) in [5.74, 6) is 2.50. The molecule has 136 valence electrons. The molecule has 1 amide bonds. The van der Waals surface area contributed by atoms with E-state index >= 15 is 0 Å². The number of amides is 1. The van der Waals surface area contributed by atoms with Gasteiger partial charge in [0, 0.05) is 11.2 Å². The minimum Gasteiger partial charge on any atom is -0.435 e. The van der Waals surface area contributed by atoms with Crippen molar-refractivity contribution in [2.24, 2.45) is 17.8 Å². The Kier molecular flexibility index (Phi) is 4.40. The molecule has 4 aliphatic rings. The van der Waals surface area contributed by atoms with Gasteiger partial charge in [0.15, 0.2) is 0 Å². The number of carbonyl (C=O) groups is 1. The van der Waals surface area contributed by atoms with Gasteiger partial charge >= 0.3 is 6.61 Å². The lowest BCUT2D eigenvalue weighted by Gasteiger charge is -2.57. The van der Waals surface area contributed by atoms with Crippen LogP contribution in [0.15, 0.2) is 24.3 Å². The van der Waals surface area contributed by atoms with Crippen molar-refractivity contribution in [3.63, 3.8) is 0 Å². The van der Waals surface area contributed by atoms with Crippen molar-refractivity contribution >= 4 is 11.6 Å². The maximum Gasteiger partial charge on any atom is 0.387 e. The Morgan fingerprint density at radius 3 is 2.16 bits per heavy atom. The number of hydrogen-bond acceptors (Lipinski definition) is 3. The van der Waals surface area contributed by atoms with Crippen molar-refractivity contribution < 1.29 is 18.3 Å². The molecule has 25 heavy (non-hydrogen) atoms. The molecule has 1 aromatic carbocycles. The van der Waals surface area contributed by atoms with Crippen LogP contribution in [0.5, 0.6) is 5.75 Å². The summed E-state index contributed by atoms with van der Waals surface area (Å²) < 4.78 is 28.6. The Bertz CT molecular complexity index is 598. The van der Waals surface area contributed by atoms with Gasteiger partial charge < -0.3 is 15.4 Å². The van der Waals surface area contributed by atoms with Gasteiger partial charge in [-0.25, -0.2) is 0 Å². The van der Waals surface area contributed by atoms with E-state index in [0.717, 1.165) is 17.8 Å². The molecule has 4 bridgehead atoms. The van der Waals surface area contributed by atoms with Crippen LogP contribution in [0, 0.1) is 17.8 Å². The summed E-state index contributed by atoms with van der Waals surface area (Å²) in [6, 6.07) is 5.99. The first-order valence-electron chi connectivity index (χ1n) is 9.09. The number of alkyl halides is 2. The minimum absolute atomic E-state index is 0.0830. The first kappa shape index (κ1) is 16.8. The molecule has 0 aromatic heterocycles. The molecule has 4 saturated carbocycles. The van der Waals surface area contributed by atoms with E-state index in [1.165, 1.54) is 50.7 Å². The lowest BCUT2D eigenvalue weighted by atomic mass is 9.53. The van der Waals surface area contributed by atoms with Gasteiger partial charge in [-0.05, 0) is 80.5 Å². The maximum absolute atomic E-state index is 12.2. The monoisotopic (exact) mass is 350 g/mol. The Hall–Kier alpha value is -1.69. The average molecular weight is 350 g/mol. The normalized spacial score (nSPS) is 32.8. The Morgan fingerprint density at radius 2 is 1.64 bits per heavy atom. The summed E-state index contributed by atoms with van der Waals surface area (Å²) in [6.45, 7) is -2.55. The third-order valence-corrected chi connectivity index (χ3v) is 6.03. The van der Waals surface area contributed by atoms with Gasteiger partial charge in [-0.3, -0.25) is 4.79 Å². The van der Waals surface area contributed by atoms with E-state index < -0.39 is 6.61 Å². The summed E-state index contributed by atoms with van der Waals surface area (Å²) in [5.41, 5.74) is 0.736. The van der Waals surface area contributed by atoms with E-state index in [2.05, 4.69) is 15.4 Å². The van der Waals surface area contributed by atoms with Gasteiger partial charge in [-0.15, -0.1) is 0 Å². The van der Waals surface area contributed by atoms with Gasteiger partial charge in [0.25, 0.3) is 0 Å². The summed E-state index contributed by atoms with van der Waals surface area (Å²) in [7, 11) is 0. The SMILES string of the molecule is O=C(CNC12CC3CC(CC(C3)C1)C2)Nc1ccc(OC(F)F)cc1. The fourth-order valence-corrected chi connectivity index (χ4v) is 5.52. The molecule has 1 aromatic rings. The lowest BCUT2D eigenvalue weighted by molar-refractivity contribution is -0.116. The summed E-state index contributed by atoms with van der Waals surface area (Å²) >= 11 is 0. The number of halogens is 2. The molecule has 0 unspecified atom stereocenters. The molecular weight excluding hydrogens is 326 g/mol. The van der Waals surface area contributed by atoms with Gasteiger partial charge in [0.2, 0.25) is 5.91 Å². The first-order valence-corrected chi connectivity index (χ1v) is 9.09. The lowest BCUT2D eigenvalue weighted by Crippen LogP contribution is -2.59. The molecule has 6 heteroatoms. The fraction of sp³-hybridized carbons (Fsp3) is 0.632. The van der Waals surface area contributed by atoms with E-state index in [1.807, 2.05) is 0 Å². The molecule has 5 rings (SSSR count). The minimum atomic E-state index is -2.84. The van der Waals surface area contributed by atoms with Crippen LogP contribution in [-0.2, 0) is 4.79 Å². The average Bonchev–Trinajstić information content (AvgIpc) is 2.53. The van der Waals surface area contributed by atoms with Gasteiger partial charge in [-0.1, -0.05) is 0 Å². The molecule has 4 nitrogen and oxygen atoms in total. The molecule has 0 radical (unpaired) electrons. The van der Waals surface area contributed by atoms with Crippen molar-refractivity contribution in [2.45, 2.75) is 50.7 Å². The van der Waals surface area contributed by atoms with Crippen LogP contribution in [0.25, 0.3) is 0 Å². The van der Waals surface area contributed by atoms with Crippen molar-refractivity contribution in [2.75, 3.05) is 11.9 Å². The van der Waals surface area contributed by atoms with Gasteiger partial charge in [-0.2, -0.15) is 8.78 Å².